The fraction of sp³-hybridized carbons (Fsp3) is 1.00. The van der Waals surface area contributed by atoms with Crippen LogP contribution < -0.4 is 10.5 Å². The molecule has 0 aromatic heterocycles. The lowest BCUT2D eigenvalue weighted by Gasteiger charge is -2.20. The van der Waals surface area contributed by atoms with E-state index in [9.17, 15) is 8.42 Å². The Morgan fingerprint density at radius 3 is 2.20 bits per heavy atom. The smallest absolute Gasteiger partial charge is 0.212 e. The van der Waals surface area contributed by atoms with Crippen LogP contribution in [0.1, 0.15) is 33.6 Å². The molecule has 0 unspecified atom stereocenters. The molecule has 0 heterocycles. The summed E-state index contributed by atoms with van der Waals surface area (Å²) in [6.07, 6.45) is 2.09. The van der Waals surface area contributed by atoms with Gasteiger partial charge in [0.15, 0.2) is 0 Å². The largest absolute Gasteiger partial charge is 0.330 e. The monoisotopic (exact) mass is 234 g/mol. The molecular weight excluding hydrogens is 212 g/mol. The Hall–Kier alpha value is -0.130. The summed E-state index contributed by atoms with van der Waals surface area (Å²) in [6.45, 7) is 6.83. The highest BCUT2D eigenvalue weighted by Gasteiger charge is 2.41. The molecule has 1 saturated carbocycles. The first-order valence-corrected chi connectivity index (χ1v) is 7.01. The van der Waals surface area contributed by atoms with Crippen LogP contribution >= 0.6 is 0 Å². The zero-order valence-electron chi connectivity index (χ0n) is 9.84. The van der Waals surface area contributed by atoms with Crippen molar-refractivity contribution in [2.24, 2.45) is 16.6 Å². The van der Waals surface area contributed by atoms with Crippen molar-refractivity contribution in [2.75, 3.05) is 18.8 Å². The Morgan fingerprint density at radius 2 is 1.87 bits per heavy atom. The topological polar surface area (TPSA) is 72.2 Å². The van der Waals surface area contributed by atoms with Crippen LogP contribution in [0.5, 0.6) is 0 Å². The average molecular weight is 234 g/mol. The number of nitrogens with one attached hydrogen (secondary N) is 1. The molecule has 1 aliphatic rings. The number of nitrogens with two attached hydrogens (primary N) is 1. The van der Waals surface area contributed by atoms with Crippen LogP contribution in [0.3, 0.4) is 0 Å². The van der Waals surface area contributed by atoms with Crippen molar-refractivity contribution >= 4 is 10.0 Å². The van der Waals surface area contributed by atoms with Gasteiger partial charge in [0.25, 0.3) is 0 Å². The van der Waals surface area contributed by atoms with E-state index in [4.69, 9.17) is 5.73 Å². The van der Waals surface area contributed by atoms with Crippen LogP contribution in [0, 0.1) is 10.8 Å². The minimum atomic E-state index is -3.15. The highest BCUT2D eigenvalue weighted by Crippen LogP contribution is 2.43. The molecule has 0 bridgehead atoms. The van der Waals surface area contributed by atoms with Gasteiger partial charge in [-0.2, -0.15) is 0 Å². The second-order valence-corrected chi connectivity index (χ2v) is 7.65. The molecule has 3 N–H and O–H groups in total. The molecule has 15 heavy (non-hydrogen) atoms. The Labute approximate surface area is 92.7 Å². The van der Waals surface area contributed by atoms with Crippen molar-refractivity contribution in [3.8, 4) is 0 Å². The predicted octanol–water partition coefficient (Wildman–Crippen LogP) is 0.691. The molecule has 0 aliphatic heterocycles. The van der Waals surface area contributed by atoms with Crippen molar-refractivity contribution in [3.05, 3.63) is 0 Å². The van der Waals surface area contributed by atoms with Crippen LogP contribution in [0.2, 0.25) is 0 Å². The van der Waals surface area contributed by atoms with Crippen LogP contribution in [0.15, 0.2) is 0 Å². The highest BCUT2D eigenvalue weighted by molar-refractivity contribution is 7.89. The van der Waals surface area contributed by atoms with E-state index in [1.54, 1.807) is 0 Å². The van der Waals surface area contributed by atoms with Gasteiger partial charge in [-0.05, 0) is 30.2 Å². The second kappa shape index (κ2) is 4.03. The van der Waals surface area contributed by atoms with Gasteiger partial charge in [-0.25, -0.2) is 13.1 Å². The van der Waals surface area contributed by atoms with Crippen LogP contribution in [0.4, 0.5) is 0 Å². The summed E-state index contributed by atoms with van der Waals surface area (Å²) in [4.78, 5) is 0. The first-order valence-electron chi connectivity index (χ1n) is 5.36. The van der Waals surface area contributed by atoms with Gasteiger partial charge in [-0.15, -0.1) is 0 Å². The molecule has 0 saturated heterocycles. The molecule has 1 aliphatic carbocycles. The number of rotatable bonds is 5. The van der Waals surface area contributed by atoms with E-state index in [1.807, 2.05) is 20.8 Å². The molecule has 0 amide bonds. The van der Waals surface area contributed by atoms with Crippen LogP contribution in [-0.4, -0.2) is 27.3 Å². The quantitative estimate of drug-likeness (QED) is 0.735. The summed E-state index contributed by atoms with van der Waals surface area (Å²) in [7, 11) is -3.15. The minimum absolute atomic E-state index is 0.0605. The molecule has 0 spiro atoms. The van der Waals surface area contributed by atoms with E-state index in [-0.39, 0.29) is 16.6 Å². The van der Waals surface area contributed by atoms with Crippen molar-refractivity contribution < 1.29 is 8.42 Å². The first kappa shape index (κ1) is 12.9. The lowest BCUT2D eigenvalue weighted by atomic mass is 10.0. The standard InChI is InChI=1S/C10H22N2O2S/c1-9(2,3)8-15(13,14)12-7-10(6-11)4-5-10/h12H,4-8,11H2,1-3H3. The third-order valence-corrected chi connectivity index (χ3v) is 4.51. The van der Waals surface area contributed by atoms with Gasteiger partial charge in [0.05, 0.1) is 5.75 Å². The van der Waals surface area contributed by atoms with Crippen LogP contribution in [0.25, 0.3) is 0 Å². The maximum Gasteiger partial charge on any atom is 0.212 e. The summed E-state index contributed by atoms with van der Waals surface area (Å²) >= 11 is 0. The lowest BCUT2D eigenvalue weighted by Crippen LogP contribution is -2.38. The van der Waals surface area contributed by atoms with Gasteiger partial charge in [-0.3, -0.25) is 0 Å². The van der Waals surface area contributed by atoms with Gasteiger partial charge >= 0.3 is 0 Å². The number of hydrogen-bond acceptors (Lipinski definition) is 3. The van der Waals surface area contributed by atoms with Gasteiger partial charge in [0.1, 0.15) is 0 Å². The highest BCUT2D eigenvalue weighted by atomic mass is 32.2. The Kier molecular flexibility index (Phi) is 3.48. The fourth-order valence-corrected chi connectivity index (χ4v) is 3.28. The molecule has 0 aromatic rings. The van der Waals surface area contributed by atoms with Crippen molar-refractivity contribution in [1.29, 1.82) is 0 Å². The van der Waals surface area contributed by atoms with E-state index in [0.29, 0.717) is 13.1 Å². The first-order chi connectivity index (χ1) is 6.68. The third kappa shape index (κ3) is 4.49. The fourth-order valence-electron chi connectivity index (χ4n) is 1.51. The van der Waals surface area contributed by atoms with E-state index in [1.165, 1.54) is 0 Å². The zero-order valence-corrected chi connectivity index (χ0v) is 10.7. The molecule has 0 atom stereocenters. The average Bonchev–Trinajstić information content (AvgIpc) is 2.77. The van der Waals surface area contributed by atoms with Gasteiger partial charge in [0.2, 0.25) is 10.0 Å². The Bertz CT molecular complexity index is 313. The molecular formula is C10H22N2O2S. The summed E-state index contributed by atoms with van der Waals surface area (Å²) in [5, 5.41) is 0. The number of sulfonamides is 1. The van der Waals surface area contributed by atoms with E-state index in [2.05, 4.69) is 4.72 Å². The van der Waals surface area contributed by atoms with Crippen LogP contribution in [-0.2, 0) is 10.0 Å². The molecule has 0 radical (unpaired) electrons. The Balaban J connectivity index is 2.44. The lowest BCUT2D eigenvalue weighted by molar-refractivity contribution is 0.450. The second-order valence-electron chi connectivity index (χ2n) is 5.84. The third-order valence-electron chi connectivity index (χ3n) is 2.68. The minimum Gasteiger partial charge on any atom is -0.330 e. The van der Waals surface area contributed by atoms with E-state index < -0.39 is 10.0 Å². The van der Waals surface area contributed by atoms with Crippen molar-refractivity contribution in [2.45, 2.75) is 33.6 Å². The van der Waals surface area contributed by atoms with Gasteiger partial charge < -0.3 is 5.73 Å². The maximum atomic E-state index is 11.7. The van der Waals surface area contributed by atoms with Gasteiger partial charge in [-0.1, -0.05) is 20.8 Å². The molecule has 5 heteroatoms. The predicted molar refractivity (Wildman–Crippen MR) is 62.0 cm³/mol. The Morgan fingerprint density at radius 1 is 1.33 bits per heavy atom. The summed E-state index contributed by atoms with van der Waals surface area (Å²) in [5.74, 6) is 0.167. The van der Waals surface area contributed by atoms with Gasteiger partial charge in [0, 0.05) is 6.54 Å². The summed E-state index contributed by atoms with van der Waals surface area (Å²) in [5.41, 5.74) is 5.45. The molecule has 0 aromatic carbocycles. The SMILES string of the molecule is CC(C)(C)CS(=O)(=O)NCC1(CN)CC1. The summed E-state index contributed by atoms with van der Waals surface area (Å²) in [6, 6.07) is 0. The number of hydrogen-bond donors (Lipinski definition) is 2. The maximum absolute atomic E-state index is 11.7. The van der Waals surface area contributed by atoms with E-state index >= 15 is 0 Å². The molecule has 4 nitrogen and oxygen atoms in total. The summed E-state index contributed by atoms with van der Waals surface area (Å²) < 4.78 is 26.0. The van der Waals surface area contributed by atoms with Crippen molar-refractivity contribution in [3.63, 3.8) is 0 Å². The zero-order chi connectivity index (χ0) is 11.7. The van der Waals surface area contributed by atoms with E-state index in [0.717, 1.165) is 12.8 Å². The molecule has 90 valence electrons. The normalized spacial score (nSPS) is 20.3. The molecule has 1 fully saturated rings. The van der Waals surface area contributed by atoms with Crippen molar-refractivity contribution in [1.82, 2.24) is 4.72 Å². The molecule has 1 rings (SSSR count).